The number of halogens is 1. The monoisotopic (exact) mass is 210 g/mol. The zero-order valence-electron chi connectivity index (χ0n) is 8.71. The molecule has 0 radical (unpaired) electrons. The van der Waals surface area contributed by atoms with Gasteiger partial charge in [0.15, 0.2) is 0 Å². The first-order valence-electron chi connectivity index (χ1n) is 4.82. The summed E-state index contributed by atoms with van der Waals surface area (Å²) in [5.41, 5.74) is 8.40. The van der Waals surface area contributed by atoms with Gasteiger partial charge in [0, 0.05) is 17.7 Å². The van der Waals surface area contributed by atoms with Crippen molar-refractivity contribution in [3.8, 4) is 0 Å². The molecule has 1 aliphatic rings. The summed E-state index contributed by atoms with van der Waals surface area (Å²) in [4.78, 5) is 4.14. The van der Waals surface area contributed by atoms with Crippen LogP contribution >= 0.6 is 11.6 Å². The minimum Gasteiger partial charge on any atom is -0.327 e. The van der Waals surface area contributed by atoms with Crippen LogP contribution in [0.1, 0.15) is 31.0 Å². The maximum Gasteiger partial charge on any atom is 0.129 e. The van der Waals surface area contributed by atoms with E-state index in [0.717, 1.165) is 5.69 Å². The number of hydrogen-bond donors (Lipinski definition) is 1. The summed E-state index contributed by atoms with van der Waals surface area (Å²) in [7, 11) is 0. The fraction of sp³-hybridized carbons (Fsp3) is 0.545. The molecule has 1 aliphatic carbocycles. The van der Waals surface area contributed by atoms with Gasteiger partial charge in [0.25, 0.3) is 0 Å². The van der Waals surface area contributed by atoms with Gasteiger partial charge in [-0.25, -0.2) is 4.98 Å². The van der Waals surface area contributed by atoms with E-state index in [1.54, 1.807) is 0 Å². The highest BCUT2D eigenvalue weighted by Gasteiger charge is 2.56. The molecule has 2 rings (SSSR count). The number of rotatable bonds is 1. The molecule has 1 fully saturated rings. The number of pyridine rings is 1. The highest BCUT2D eigenvalue weighted by molar-refractivity contribution is 6.29. The van der Waals surface area contributed by atoms with Crippen LogP contribution in [0.15, 0.2) is 12.1 Å². The van der Waals surface area contributed by atoms with Crippen molar-refractivity contribution in [2.45, 2.75) is 32.7 Å². The van der Waals surface area contributed by atoms with Crippen molar-refractivity contribution in [3.63, 3.8) is 0 Å². The lowest BCUT2D eigenvalue weighted by Gasteiger charge is -2.04. The van der Waals surface area contributed by atoms with Crippen LogP contribution < -0.4 is 5.73 Å². The van der Waals surface area contributed by atoms with Crippen LogP contribution in [-0.2, 0) is 0 Å². The quantitative estimate of drug-likeness (QED) is 0.724. The van der Waals surface area contributed by atoms with E-state index in [-0.39, 0.29) is 11.5 Å². The Morgan fingerprint density at radius 2 is 2.00 bits per heavy atom. The van der Waals surface area contributed by atoms with Gasteiger partial charge < -0.3 is 5.73 Å². The van der Waals surface area contributed by atoms with Crippen molar-refractivity contribution in [2.75, 3.05) is 0 Å². The van der Waals surface area contributed by atoms with E-state index in [1.807, 2.05) is 13.0 Å². The third-order valence-electron chi connectivity index (χ3n) is 3.21. The maximum atomic E-state index is 6.01. The van der Waals surface area contributed by atoms with Crippen molar-refractivity contribution in [3.05, 3.63) is 28.5 Å². The number of aromatic nitrogens is 1. The maximum absolute atomic E-state index is 6.01. The molecule has 14 heavy (non-hydrogen) atoms. The molecular formula is C11H15ClN2. The van der Waals surface area contributed by atoms with E-state index < -0.39 is 0 Å². The largest absolute Gasteiger partial charge is 0.327 e. The number of aryl methyl sites for hydroxylation is 1. The standard InChI is InChI=1S/C11H15ClN2/c1-6-4-7(5-8(12)14-6)9-10(13)11(9,2)3/h4-5,9-10H,13H2,1-3H3. The van der Waals surface area contributed by atoms with E-state index in [2.05, 4.69) is 24.9 Å². The van der Waals surface area contributed by atoms with Crippen LogP contribution in [0.5, 0.6) is 0 Å². The lowest BCUT2D eigenvalue weighted by atomic mass is 10.0. The highest BCUT2D eigenvalue weighted by atomic mass is 35.5. The average molecular weight is 211 g/mol. The van der Waals surface area contributed by atoms with E-state index in [0.29, 0.717) is 11.1 Å². The minimum absolute atomic E-state index is 0.205. The first kappa shape index (κ1) is 9.94. The molecule has 0 spiro atoms. The van der Waals surface area contributed by atoms with Crippen molar-refractivity contribution >= 4 is 11.6 Å². The lowest BCUT2D eigenvalue weighted by Crippen LogP contribution is -2.06. The second kappa shape index (κ2) is 2.94. The Balaban J connectivity index is 2.35. The van der Waals surface area contributed by atoms with Crippen LogP contribution in [0.4, 0.5) is 0 Å². The van der Waals surface area contributed by atoms with Crippen molar-refractivity contribution in [1.29, 1.82) is 0 Å². The second-order valence-corrected chi connectivity index (χ2v) is 5.08. The molecule has 2 nitrogen and oxygen atoms in total. The Hall–Kier alpha value is -0.600. The van der Waals surface area contributed by atoms with Gasteiger partial charge in [-0.1, -0.05) is 25.4 Å². The van der Waals surface area contributed by atoms with Gasteiger partial charge >= 0.3 is 0 Å². The van der Waals surface area contributed by atoms with Gasteiger partial charge in [-0.05, 0) is 30.0 Å². The van der Waals surface area contributed by atoms with Gasteiger partial charge in [-0.15, -0.1) is 0 Å². The Labute approximate surface area is 89.5 Å². The Morgan fingerprint density at radius 1 is 1.43 bits per heavy atom. The van der Waals surface area contributed by atoms with Crippen LogP contribution in [0.25, 0.3) is 0 Å². The number of nitrogens with zero attached hydrogens (tertiary/aromatic N) is 1. The van der Waals surface area contributed by atoms with E-state index in [9.17, 15) is 0 Å². The summed E-state index contributed by atoms with van der Waals surface area (Å²) >= 11 is 5.91. The molecule has 1 aromatic heterocycles. The molecule has 0 aliphatic heterocycles. The van der Waals surface area contributed by atoms with Crippen LogP contribution in [-0.4, -0.2) is 11.0 Å². The minimum atomic E-state index is 0.205. The Kier molecular flexibility index (Phi) is 2.09. The molecule has 1 aromatic rings. The molecule has 2 unspecified atom stereocenters. The molecule has 76 valence electrons. The SMILES string of the molecule is Cc1cc(C2C(N)C2(C)C)cc(Cl)n1. The summed E-state index contributed by atoms with van der Waals surface area (Å²) < 4.78 is 0. The molecule has 2 N–H and O–H groups in total. The molecule has 0 amide bonds. The molecular weight excluding hydrogens is 196 g/mol. The molecule has 0 aromatic carbocycles. The zero-order valence-corrected chi connectivity index (χ0v) is 9.47. The molecule has 0 saturated heterocycles. The van der Waals surface area contributed by atoms with Gasteiger partial charge in [0.1, 0.15) is 5.15 Å². The molecule has 0 bridgehead atoms. The summed E-state index contributed by atoms with van der Waals surface area (Å²) in [6.07, 6.45) is 0. The van der Waals surface area contributed by atoms with Gasteiger partial charge in [-0.2, -0.15) is 0 Å². The third-order valence-corrected chi connectivity index (χ3v) is 3.41. The molecule has 1 saturated carbocycles. The molecule has 2 atom stereocenters. The van der Waals surface area contributed by atoms with Crippen molar-refractivity contribution < 1.29 is 0 Å². The topological polar surface area (TPSA) is 38.9 Å². The van der Waals surface area contributed by atoms with E-state index in [4.69, 9.17) is 17.3 Å². The van der Waals surface area contributed by atoms with Gasteiger partial charge in [0.2, 0.25) is 0 Å². The Bertz CT molecular complexity index is 353. The van der Waals surface area contributed by atoms with E-state index >= 15 is 0 Å². The van der Waals surface area contributed by atoms with Crippen LogP contribution in [0.3, 0.4) is 0 Å². The molecule has 3 heteroatoms. The summed E-state index contributed by atoms with van der Waals surface area (Å²) in [5, 5.41) is 0.565. The van der Waals surface area contributed by atoms with Crippen molar-refractivity contribution in [1.82, 2.24) is 4.98 Å². The Morgan fingerprint density at radius 3 is 2.43 bits per heavy atom. The number of nitrogens with two attached hydrogens (primary N) is 1. The fourth-order valence-corrected chi connectivity index (χ4v) is 2.41. The first-order chi connectivity index (χ1) is 6.43. The van der Waals surface area contributed by atoms with Gasteiger partial charge in [-0.3, -0.25) is 0 Å². The summed E-state index contributed by atoms with van der Waals surface area (Å²) in [6.45, 7) is 6.33. The lowest BCUT2D eigenvalue weighted by molar-refractivity contribution is 0.599. The number of hydrogen-bond acceptors (Lipinski definition) is 2. The predicted octanol–water partition coefficient (Wildman–Crippen LogP) is 2.49. The highest BCUT2D eigenvalue weighted by Crippen LogP contribution is 2.57. The first-order valence-corrected chi connectivity index (χ1v) is 5.20. The zero-order chi connectivity index (χ0) is 10.5. The average Bonchev–Trinajstić information content (AvgIpc) is 2.48. The summed E-state index contributed by atoms with van der Waals surface area (Å²) in [5.74, 6) is 0.432. The second-order valence-electron chi connectivity index (χ2n) is 4.69. The fourth-order valence-electron chi connectivity index (χ4n) is 2.15. The predicted molar refractivity (Wildman–Crippen MR) is 58.5 cm³/mol. The van der Waals surface area contributed by atoms with E-state index in [1.165, 1.54) is 5.56 Å². The van der Waals surface area contributed by atoms with Crippen LogP contribution in [0.2, 0.25) is 5.15 Å². The third kappa shape index (κ3) is 1.43. The normalized spacial score (nSPS) is 28.9. The van der Waals surface area contributed by atoms with Gasteiger partial charge in [0.05, 0.1) is 0 Å². The summed E-state index contributed by atoms with van der Waals surface area (Å²) in [6, 6.07) is 4.25. The van der Waals surface area contributed by atoms with Crippen molar-refractivity contribution in [2.24, 2.45) is 11.1 Å². The molecule has 1 heterocycles. The smallest absolute Gasteiger partial charge is 0.129 e. The van der Waals surface area contributed by atoms with Crippen LogP contribution in [0, 0.1) is 12.3 Å².